The Labute approximate surface area is 105 Å². The quantitative estimate of drug-likeness (QED) is 0.881. The van der Waals surface area contributed by atoms with Gasteiger partial charge in [0.1, 0.15) is 29.6 Å². The van der Waals surface area contributed by atoms with E-state index in [4.69, 9.17) is 10.5 Å². The lowest BCUT2D eigenvalue weighted by molar-refractivity contribution is 0.270. The predicted molar refractivity (Wildman–Crippen MR) is 61.9 cm³/mol. The zero-order valence-electron chi connectivity index (χ0n) is 8.91. The van der Waals surface area contributed by atoms with E-state index < -0.39 is 5.82 Å². The zero-order valence-corrected chi connectivity index (χ0v) is 10.5. The van der Waals surface area contributed by atoms with E-state index in [2.05, 4.69) is 30.9 Å². The molecule has 0 radical (unpaired) electrons. The summed E-state index contributed by atoms with van der Waals surface area (Å²) in [7, 11) is 0. The number of ether oxygens (including phenoxy) is 1. The molecule has 0 unspecified atom stereocenters. The van der Waals surface area contributed by atoms with Gasteiger partial charge in [-0.25, -0.2) is 9.02 Å². The first kappa shape index (κ1) is 11.8. The first-order valence-corrected chi connectivity index (χ1v) is 5.52. The number of nitrogens with zero attached hydrogens (tertiary/aromatic N) is 2. The monoisotopic (exact) mass is 301 g/mol. The minimum absolute atomic E-state index is 0.126. The van der Waals surface area contributed by atoms with Crippen molar-refractivity contribution in [1.82, 2.24) is 10.3 Å². The van der Waals surface area contributed by atoms with Crippen LogP contribution in [-0.2, 0) is 6.61 Å². The van der Waals surface area contributed by atoms with E-state index in [1.807, 2.05) is 0 Å². The Balaban J connectivity index is 2.14. The largest absolute Gasteiger partial charge is 0.485 e. The summed E-state index contributed by atoms with van der Waals surface area (Å²) in [4.78, 5) is 0. The summed E-state index contributed by atoms with van der Waals surface area (Å²) < 4.78 is 23.4. The number of halogens is 2. The maximum Gasteiger partial charge on any atom is 0.145 e. The molecule has 0 bridgehead atoms. The molecule has 0 amide bonds. The van der Waals surface area contributed by atoms with Crippen LogP contribution < -0.4 is 10.5 Å². The van der Waals surface area contributed by atoms with Gasteiger partial charge in [0, 0.05) is 6.07 Å². The van der Waals surface area contributed by atoms with Crippen LogP contribution in [-0.4, -0.2) is 10.3 Å². The molecule has 0 fully saturated rings. The first-order chi connectivity index (χ1) is 8.08. The molecule has 2 rings (SSSR count). The molecule has 0 atom stereocenters. The van der Waals surface area contributed by atoms with Crippen LogP contribution in [0.1, 0.15) is 11.4 Å². The lowest BCUT2D eigenvalue weighted by Gasteiger charge is -2.08. The molecular formula is C10H9BrFN3O2. The Morgan fingerprint density at radius 1 is 1.47 bits per heavy atom. The van der Waals surface area contributed by atoms with Crippen LogP contribution in [0.15, 0.2) is 21.2 Å². The number of aryl methyl sites for hydroxylation is 1. The maximum absolute atomic E-state index is 13.3. The fourth-order valence-electron chi connectivity index (χ4n) is 1.20. The number of anilines is 1. The van der Waals surface area contributed by atoms with Gasteiger partial charge in [-0.2, -0.15) is 0 Å². The van der Waals surface area contributed by atoms with Crippen molar-refractivity contribution in [1.29, 1.82) is 0 Å². The molecule has 17 heavy (non-hydrogen) atoms. The fourth-order valence-corrected chi connectivity index (χ4v) is 1.56. The second-order valence-corrected chi connectivity index (χ2v) is 4.24. The van der Waals surface area contributed by atoms with Crippen LogP contribution in [0.4, 0.5) is 10.1 Å². The van der Waals surface area contributed by atoms with Crippen molar-refractivity contribution in [2.24, 2.45) is 0 Å². The molecule has 2 aromatic rings. The fraction of sp³-hybridized carbons (Fsp3) is 0.200. The van der Waals surface area contributed by atoms with Crippen molar-refractivity contribution in [2.45, 2.75) is 13.5 Å². The molecule has 0 saturated carbocycles. The summed E-state index contributed by atoms with van der Waals surface area (Å²) in [5.74, 6) is -0.183. The van der Waals surface area contributed by atoms with E-state index in [0.29, 0.717) is 21.5 Å². The molecule has 0 aliphatic heterocycles. The number of hydrogen-bond acceptors (Lipinski definition) is 5. The van der Waals surface area contributed by atoms with Gasteiger partial charge < -0.3 is 10.5 Å². The van der Waals surface area contributed by atoms with Crippen LogP contribution in [0.3, 0.4) is 0 Å². The van der Waals surface area contributed by atoms with Crippen LogP contribution in [0.25, 0.3) is 0 Å². The summed E-state index contributed by atoms with van der Waals surface area (Å²) in [5.41, 5.74) is 7.20. The van der Waals surface area contributed by atoms with Crippen molar-refractivity contribution in [3.8, 4) is 5.75 Å². The predicted octanol–water partition coefficient (Wildman–Crippen LogP) is 2.44. The van der Waals surface area contributed by atoms with Crippen LogP contribution in [0.5, 0.6) is 5.75 Å². The van der Waals surface area contributed by atoms with Gasteiger partial charge in [-0.15, -0.1) is 0 Å². The Bertz CT molecular complexity index is 544. The van der Waals surface area contributed by atoms with E-state index >= 15 is 0 Å². The van der Waals surface area contributed by atoms with Gasteiger partial charge in [-0.1, -0.05) is 10.3 Å². The molecule has 5 nitrogen and oxygen atoms in total. The van der Waals surface area contributed by atoms with Gasteiger partial charge in [0.15, 0.2) is 0 Å². The highest BCUT2D eigenvalue weighted by Crippen LogP contribution is 2.28. The minimum Gasteiger partial charge on any atom is -0.485 e. The summed E-state index contributed by atoms with van der Waals surface area (Å²) in [6.07, 6.45) is 0. The maximum atomic E-state index is 13.3. The van der Waals surface area contributed by atoms with Crippen molar-refractivity contribution < 1.29 is 13.8 Å². The van der Waals surface area contributed by atoms with E-state index in [0.717, 1.165) is 0 Å². The van der Waals surface area contributed by atoms with Crippen molar-refractivity contribution in [3.63, 3.8) is 0 Å². The van der Waals surface area contributed by atoms with Gasteiger partial charge in [0.25, 0.3) is 0 Å². The Morgan fingerprint density at radius 3 is 2.88 bits per heavy atom. The highest BCUT2D eigenvalue weighted by atomic mass is 79.9. The number of aromatic nitrogens is 2. The summed E-state index contributed by atoms with van der Waals surface area (Å²) in [5, 5.41) is 7.25. The van der Waals surface area contributed by atoms with Crippen molar-refractivity contribution in [3.05, 3.63) is 33.8 Å². The van der Waals surface area contributed by atoms with Crippen LogP contribution >= 0.6 is 15.9 Å². The van der Waals surface area contributed by atoms with Gasteiger partial charge in [-0.3, -0.25) is 0 Å². The minimum atomic E-state index is -0.441. The molecule has 1 aromatic carbocycles. The third-order valence-electron chi connectivity index (χ3n) is 2.16. The SMILES string of the molecule is Cc1nonc1COc1cc(F)c(Br)cc1N. The van der Waals surface area contributed by atoms with E-state index in [1.54, 1.807) is 6.92 Å². The average molecular weight is 302 g/mol. The molecule has 1 aromatic heterocycles. The highest BCUT2D eigenvalue weighted by molar-refractivity contribution is 9.10. The number of rotatable bonds is 3. The smallest absolute Gasteiger partial charge is 0.145 e. The lowest BCUT2D eigenvalue weighted by Crippen LogP contribution is -2.01. The standard InChI is InChI=1S/C10H9BrFN3O2/c1-5-9(15-17-14-5)4-16-10-3-7(12)6(11)2-8(10)13/h2-3H,4,13H2,1H3. The zero-order chi connectivity index (χ0) is 12.4. The molecule has 0 spiro atoms. The Hall–Kier alpha value is -1.63. The molecule has 0 saturated heterocycles. The van der Waals surface area contributed by atoms with Gasteiger partial charge in [0.05, 0.1) is 10.2 Å². The average Bonchev–Trinajstić information content (AvgIpc) is 2.68. The number of benzene rings is 1. The molecule has 0 aliphatic rings. The molecule has 90 valence electrons. The third kappa shape index (κ3) is 2.55. The van der Waals surface area contributed by atoms with Gasteiger partial charge >= 0.3 is 0 Å². The van der Waals surface area contributed by atoms with Crippen LogP contribution in [0, 0.1) is 12.7 Å². The molecule has 2 N–H and O–H groups in total. The highest BCUT2D eigenvalue weighted by Gasteiger charge is 2.10. The number of hydrogen-bond donors (Lipinski definition) is 1. The number of nitrogen functional groups attached to an aromatic ring is 1. The van der Waals surface area contributed by atoms with E-state index in [1.165, 1.54) is 12.1 Å². The summed E-state index contributed by atoms with van der Waals surface area (Å²) in [6, 6.07) is 2.65. The van der Waals surface area contributed by atoms with Gasteiger partial charge in [-0.05, 0) is 28.9 Å². The molecule has 0 aliphatic carbocycles. The third-order valence-corrected chi connectivity index (χ3v) is 2.77. The summed E-state index contributed by atoms with van der Waals surface area (Å²) in [6.45, 7) is 1.86. The van der Waals surface area contributed by atoms with E-state index in [9.17, 15) is 4.39 Å². The van der Waals surface area contributed by atoms with Crippen molar-refractivity contribution in [2.75, 3.05) is 5.73 Å². The molecule has 7 heteroatoms. The molecular weight excluding hydrogens is 293 g/mol. The lowest BCUT2D eigenvalue weighted by atomic mass is 10.3. The number of nitrogens with two attached hydrogens (primary N) is 1. The molecule has 1 heterocycles. The summed E-state index contributed by atoms with van der Waals surface area (Å²) >= 11 is 3.03. The second kappa shape index (κ2) is 4.70. The van der Waals surface area contributed by atoms with E-state index in [-0.39, 0.29) is 12.4 Å². The van der Waals surface area contributed by atoms with Crippen molar-refractivity contribution >= 4 is 21.6 Å². The Kier molecular flexibility index (Phi) is 3.28. The van der Waals surface area contributed by atoms with Gasteiger partial charge in [0.2, 0.25) is 0 Å². The first-order valence-electron chi connectivity index (χ1n) is 4.73. The topological polar surface area (TPSA) is 74.2 Å². The van der Waals surface area contributed by atoms with Crippen LogP contribution in [0.2, 0.25) is 0 Å². The normalized spacial score (nSPS) is 10.5. The Morgan fingerprint density at radius 2 is 2.24 bits per heavy atom. The second-order valence-electron chi connectivity index (χ2n) is 3.39.